The van der Waals surface area contributed by atoms with Crippen LogP contribution in [-0.4, -0.2) is 23.3 Å². The number of rotatable bonds is 5. The Morgan fingerprint density at radius 2 is 2.50 bits per heavy atom. The number of aromatic nitrogens is 2. The zero-order valence-corrected chi connectivity index (χ0v) is 8.39. The minimum absolute atomic E-state index is 0.733. The molecular weight excluding hydrogens is 220 g/mol. The summed E-state index contributed by atoms with van der Waals surface area (Å²) in [4.78, 5) is 0. The van der Waals surface area contributed by atoms with Crippen molar-refractivity contribution in [3.8, 4) is 0 Å². The maximum absolute atomic E-state index is 5.35. The standard InChI is InChI=1S/C7H13BrN4/c8-6-4-11-12-7(6)5-10-3-1-2-9/h4,10H,1-3,5,9H2,(H,11,12). The molecule has 68 valence electrons. The van der Waals surface area contributed by atoms with Gasteiger partial charge >= 0.3 is 0 Å². The predicted octanol–water partition coefficient (Wildman–Crippen LogP) is 0.611. The van der Waals surface area contributed by atoms with E-state index >= 15 is 0 Å². The van der Waals surface area contributed by atoms with Crippen LogP contribution in [0.3, 0.4) is 0 Å². The highest BCUT2D eigenvalue weighted by Gasteiger charge is 1.99. The molecule has 1 aromatic rings. The van der Waals surface area contributed by atoms with Crippen LogP contribution >= 0.6 is 15.9 Å². The van der Waals surface area contributed by atoms with Crippen molar-refractivity contribution in [2.75, 3.05) is 13.1 Å². The highest BCUT2D eigenvalue weighted by molar-refractivity contribution is 9.10. The van der Waals surface area contributed by atoms with Crippen molar-refractivity contribution in [1.82, 2.24) is 15.5 Å². The largest absolute Gasteiger partial charge is 0.330 e. The minimum Gasteiger partial charge on any atom is -0.330 e. The van der Waals surface area contributed by atoms with Gasteiger partial charge in [-0.25, -0.2) is 0 Å². The predicted molar refractivity (Wildman–Crippen MR) is 51.7 cm³/mol. The second-order valence-electron chi connectivity index (χ2n) is 2.52. The smallest absolute Gasteiger partial charge is 0.0633 e. The van der Waals surface area contributed by atoms with Gasteiger partial charge in [-0.05, 0) is 35.4 Å². The van der Waals surface area contributed by atoms with Crippen molar-refractivity contribution in [2.45, 2.75) is 13.0 Å². The Morgan fingerprint density at radius 1 is 1.67 bits per heavy atom. The lowest BCUT2D eigenvalue weighted by molar-refractivity contribution is 0.644. The van der Waals surface area contributed by atoms with Crippen LogP contribution in [0.15, 0.2) is 10.7 Å². The minimum atomic E-state index is 0.733. The first-order valence-electron chi connectivity index (χ1n) is 3.93. The second-order valence-corrected chi connectivity index (χ2v) is 3.37. The Bertz CT molecular complexity index is 223. The highest BCUT2D eigenvalue weighted by atomic mass is 79.9. The molecule has 0 aromatic carbocycles. The fourth-order valence-corrected chi connectivity index (χ4v) is 1.19. The number of halogens is 1. The van der Waals surface area contributed by atoms with Crippen LogP contribution in [0.4, 0.5) is 0 Å². The molecule has 0 spiro atoms. The number of hydrogen-bond donors (Lipinski definition) is 3. The van der Waals surface area contributed by atoms with Gasteiger partial charge in [0.25, 0.3) is 0 Å². The van der Waals surface area contributed by atoms with Gasteiger partial charge in [0.15, 0.2) is 0 Å². The monoisotopic (exact) mass is 232 g/mol. The lowest BCUT2D eigenvalue weighted by Gasteiger charge is -2.01. The van der Waals surface area contributed by atoms with Crippen molar-refractivity contribution in [2.24, 2.45) is 5.73 Å². The van der Waals surface area contributed by atoms with Crippen molar-refractivity contribution in [1.29, 1.82) is 0 Å². The second kappa shape index (κ2) is 5.29. The van der Waals surface area contributed by atoms with Gasteiger partial charge in [-0.2, -0.15) is 5.10 Å². The van der Waals surface area contributed by atoms with Crippen molar-refractivity contribution in [3.05, 3.63) is 16.4 Å². The van der Waals surface area contributed by atoms with Crippen LogP contribution in [0.1, 0.15) is 12.1 Å². The molecular formula is C7H13BrN4. The number of hydrogen-bond acceptors (Lipinski definition) is 3. The molecule has 0 radical (unpaired) electrons. The number of aromatic amines is 1. The molecule has 4 nitrogen and oxygen atoms in total. The first kappa shape index (κ1) is 9.70. The fourth-order valence-electron chi connectivity index (χ4n) is 0.863. The van der Waals surface area contributed by atoms with Gasteiger partial charge in [0, 0.05) is 6.54 Å². The van der Waals surface area contributed by atoms with E-state index in [4.69, 9.17) is 5.73 Å². The average molecular weight is 233 g/mol. The van der Waals surface area contributed by atoms with E-state index in [1.165, 1.54) is 0 Å². The molecule has 0 aliphatic heterocycles. The topological polar surface area (TPSA) is 66.7 Å². The zero-order valence-electron chi connectivity index (χ0n) is 6.81. The summed E-state index contributed by atoms with van der Waals surface area (Å²) in [5.41, 5.74) is 6.42. The number of nitrogens with one attached hydrogen (secondary N) is 2. The summed E-state index contributed by atoms with van der Waals surface area (Å²) in [5, 5.41) is 10.0. The molecule has 1 rings (SSSR count). The molecule has 5 heteroatoms. The molecule has 0 unspecified atom stereocenters. The maximum atomic E-state index is 5.35. The molecule has 0 aliphatic carbocycles. The molecule has 12 heavy (non-hydrogen) atoms. The molecule has 0 amide bonds. The summed E-state index contributed by atoms with van der Waals surface area (Å²) in [5.74, 6) is 0. The number of nitrogens with two attached hydrogens (primary N) is 1. The summed E-state index contributed by atoms with van der Waals surface area (Å²) in [7, 11) is 0. The molecule has 1 heterocycles. The van der Waals surface area contributed by atoms with Gasteiger partial charge in [-0.15, -0.1) is 0 Å². The molecule has 0 saturated carbocycles. The number of H-pyrrole nitrogens is 1. The first-order chi connectivity index (χ1) is 5.84. The van der Waals surface area contributed by atoms with Gasteiger partial charge in [-0.1, -0.05) is 0 Å². The molecule has 0 saturated heterocycles. The van der Waals surface area contributed by atoms with Crippen LogP contribution in [0.2, 0.25) is 0 Å². The third-order valence-corrected chi connectivity index (χ3v) is 2.21. The quantitative estimate of drug-likeness (QED) is 0.653. The Kier molecular flexibility index (Phi) is 4.27. The van der Waals surface area contributed by atoms with E-state index in [1.807, 2.05) is 0 Å². The molecule has 0 aliphatic rings. The summed E-state index contributed by atoms with van der Waals surface area (Å²) in [6.45, 7) is 2.49. The van der Waals surface area contributed by atoms with Gasteiger partial charge in [0.1, 0.15) is 0 Å². The van der Waals surface area contributed by atoms with E-state index in [-0.39, 0.29) is 0 Å². The van der Waals surface area contributed by atoms with E-state index in [2.05, 4.69) is 31.4 Å². The third-order valence-electron chi connectivity index (χ3n) is 1.53. The lowest BCUT2D eigenvalue weighted by Crippen LogP contribution is -2.18. The normalized spacial score (nSPS) is 10.5. The van der Waals surface area contributed by atoms with Gasteiger partial charge in [0.05, 0.1) is 16.4 Å². The van der Waals surface area contributed by atoms with E-state index in [0.29, 0.717) is 0 Å². The molecule has 1 aromatic heterocycles. The Balaban J connectivity index is 2.20. The summed E-state index contributed by atoms with van der Waals surface area (Å²) in [6, 6.07) is 0. The summed E-state index contributed by atoms with van der Waals surface area (Å²) < 4.78 is 1.02. The molecule has 0 atom stereocenters. The summed E-state index contributed by atoms with van der Waals surface area (Å²) >= 11 is 3.38. The maximum Gasteiger partial charge on any atom is 0.0633 e. The Morgan fingerprint density at radius 3 is 3.08 bits per heavy atom. The third kappa shape index (κ3) is 2.92. The van der Waals surface area contributed by atoms with Crippen molar-refractivity contribution >= 4 is 15.9 Å². The van der Waals surface area contributed by atoms with Crippen molar-refractivity contribution in [3.63, 3.8) is 0 Å². The Labute approximate surface area is 80.0 Å². The van der Waals surface area contributed by atoms with Gasteiger partial charge in [0.2, 0.25) is 0 Å². The molecule has 4 N–H and O–H groups in total. The van der Waals surface area contributed by atoms with Crippen LogP contribution in [0, 0.1) is 0 Å². The highest BCUT2D eigenvalue weighted by Crippen LogP contribution is 2.11. The van der Waals surface area contributed by atoms with Gasteiger partial charge < -0.3 is 11.1 Å². The fraction of sp³-hybridized carbons (Fsp3) is 0.571. The van der Waals surface area contributed by atoms with Crippen LogP contribution in [0.5, 0.6) is 0 Å². The van der Waals surface area contributed by atoms with Gasteiger partial charge in [-0.3, -0.25) is 5.10 Å². The van der Waals surface area contributed by atoms with Crippen LogP contribution in [0.25, 0.3) is 0 Å². The SMILES string of the molecule is NCCCNCc1[nH]ncc1Br. The lowest BCUT2D eigenvalue weighted by atomic mass is 10.4. The average Bonchev–Trinajstić information content (AvgIpc) is 2.46. The number of nitrogens with zero attached hydrogens (tertiary/aromatic N) is 1. The van der Waals surface area contributed by atoms with E-state index in [0.717, 1.165) is 36.2 Å². The van der Waals surface area contributed by atoms with E-state index in [1.54, 1.807) is 6.20 Å². The summed E-state index contributed by atoms with van der Waals surface area (Å²) in [6.07, 6.45) is 2.76. The van der Waals surface area contributed by atoms with Crippen LogP contribution in [-0.2, 0) is 6.54 Å². The Hall–Kier alpha value is -0.390. The van der Waals surface area contributed by atoms with E-state index in [9.17, 15) is 0 Å². The zero-order chi connectivity index (χ0) is 8.81. The first-order valence-corrected chi connectivity index (χ1v) is 4.72. The van der Waals surface area contributed by atoms with Crippen LogP contribution < -0.4 is 11.1 Å². The molecule has 0 fully saturated rings. The van der Waals surface area contributed by atoms with E-state index < -0.39 is 0 Å². The van der Waals surface area contributed by atoms with Crippen molar-refractivity contribution < 1.29 is 0 Å². The molecule has 0 bridgehead atoms.